The van der Waals surface area contributed by atoms with E-state index in [0.717, 1.165) is 16.8 Å². The van der Waals surface area contributed by atoms with Crippen molar-refractivity contribution in [3.05, 3.63) is 47.0 Å². The van der Waals surface area contributed by atoms with Gasteiger partial charge in [-0.15, -0.1) is 0 Å². The van der Waals surface area contributed by atoms with Crippen LogP contribution in [0.3, 0.4) is 0 Å². The molecule has 2 heterocycles. The zero-order valence-electron chi connectivity index (χ0n) is 19.9. The summed E-state index contributed by atoms with van der Waals surface area (Å²) < 4.78 is 10.9. The number of pyridine rings is 1. The average Bonchev–Trinajstić information content (AvgIpc) is 3.09. The number of ether oxygens (including phenoxy) is 2. The number of nitrogens with zero attached hydrogens (tertiary/aromatic N) is 1. The number of benzene rings is 1. The number of rotatable bonds is 9. The van der Waals surface area contributed by atoms with Crippen LogP contribution >= 0.6 is 0 Å². The number of anilines is 3. The minimum Gasteiger partial charge on any atom is -0.444 e. The molecular weight excluding hydrogens is 422 g/mol. The standard InChI is InChI=1S/C24H33N5O4/c1-6-32-14-18(28-23(31)33-24(3,4)5)13-25-19-11-16-12-26-22(30)20(16)21(29-19)27-17-9-7-8-15(2)10-17/h7-11,18H,6,12-14H2,1-5H3,(H,26,30)(H,28,31)(H2,25,27,29)/t18-/m1/s1. The maximum Gasteiger partial charge on any atom is 0.408 e. The van der Waals surface area contributed by atoms with Crippen LogP contribution in [0.5, 0.6) is 0 Å². The van der Waals surface area contributed by atoms with Gasteiger partial charge in [0.05, 0.1) is 18.2 Å². The predicted molar refractivity (Wildman–Crippen MR) is 128 cm³/mol. The van der Waals surface area contributed by atoms with E-state index < -0.39 is 11.7 Å². The van der Waals surface area contributed by atoms with Gasteiger partial charge in [0.25, 0.3) is 5.91 Å². The lowest BCUT2D eigenvalue weighted by molar-refractivity contribution is 0.0456. The van der Waals surface area contributed by atoms with Gasteiger partial charge in [-0.25, -0.2) is 9.78 Å². The number of carbonyl (C=O) groups is 2. The third-order valence-electron chi connectivity index (χ3n) is 4.82. The molecule has 2 aromatic rings. The Labute approximate surface area is 194 Å². The molecule has 0 saturated heterocycles. The zero-order valence-corrected chi connectivity index (χ0v) is 19.9. The number of alkyl carbamates (subject to hydrolysis) is 1. The highest BCUT2D eigenvalue weighted by molar-refractivity contribution is 6.03. The van der Waals surface area contributed by atoms with Gasteiger partial charge in [0.1, 0.15) is 17.2 Å². The summed E-state index contributed by atoms with van der Waals surface area (Å²) in [6, 6.07) is 9.38. The first-order chi connectivity index (χ1) is 15.6. The Kier molecular flexibility index (Phi) is 7.75. The molecule has 0 fully saturated rings. The van der Waals surface area contributed by atoms with Crippen LogP contribution in [0.25, 0.3) is 0 Å². The third kappa shape index (κ3) is 7.08. The fourth-order valence-electron chi connectivity index (χ4n) is 3.41. The second-order valence-corrected chi connectivity index (χ2v) is 8.95. The van der Waals surface area contributed by atoms with Gasteiger partial charge in [0.15, 0.2) is 0 Å². The van der Waals surface area contributed by atoms with E-state index in [2.05, 4.69) is 26.3 Å². The Morgan fingerprint density at radius 1 is 1.27 bits per heavy atom. The van der Waals surface area contributed by atoms with Crippen molar-refractivity contribution < 1.29 is 19.1 Å². The topological polar surface area (TPSA) is 114 Å². The lowest BCUT2D eigenvalue weighted by Gasteiger charge is -2.24. The lowest BCUT2D eigenvalue weighted by atomic mass is 10.1. The van der Waals surface area contributed by atoms with E-state index in [1.807, 2.05) is 65.0 Å². The molecule has 3 rings (SSSR count). The number of fused-ring (bicyclic) bond motifs is 1. The quantitative estimate of drug-likeness (QED) is 0.456. The summed E-state index contributed by atoms with van der Waals surface area (Å²) in [5.74, 6) is 0.921. The molecule has 33 heavy (non-hydrogen) atoms. The van der Waals surface area contributed by atoms with Gasteiger partial charge in [0, 0.05) is 25.4 Å². The summed E-state index contributed by atoms with van der Waals surface area (Å²) in [7, 11) is 0. The molecule has 0 spiro atoms. The number of hydrogen-bond donors (Lipinski definition) is 4. The highest BCUT2D eigenvalue weighted by atomic mass is 16.6. The first kappa shape index (κ1) is 24.3. The summed E-state index contributed by atoms with van der Waals surface area (Å²) in [6.45, 7) is 11.0. The van der Waals surface area contributed by atoms with Crippen molar-refractivity contribution in [3.63, 3.8) is 0 Å². The van der Waals surface area contributed by atoms with Gasteiger partial charge in [-0.1, -0.05) is 12.1 Å². The molecule has 0 saturated carbocycles. The van der Waals surface area contributed by atoms with Crippen LogP contribution in [-0.4, -0.2) is 48.4 Å². The molecule has 0 unspecified atom stereocenters. The van der Waals surface area contributed by atoms with Crippen molar-refractivity contribution in [3.8, 4) is 0 Å². The molecule has 9 heteroatoms. The Bertz CT molecular complexity index is 1000. The molecule has 2 amide bonds. The molecule has 178 valence electrons. The monoisotopic (exact) mass is 455 g/mol. The van der Waals surface area contributed by atoms with Crippen LogP contribution in [0.1, 0.15) is 49.2 Å². The lowest BCUT2D eigenvalue weighted by Crippen LogP contribution is -2.45. The second kappa shape index (κ2) is 10.5. The van der Waals surface area contributed by atoms with Crippen molar-refractivity contribution in [2.75, 3.05) is 30.4 Å². The first-order valence-corrected chi connectivity index (χ1v) is 11.1. The Morgan fingerprint density at radius 2 is 2.06 bits per heavy atom. The maximum atomic E-state index is 12.4. The van der Waals surface area contributed by atoms with Crippen LogP contribution in [0.4, 0.5) is 22.1 Å². The number of carbonyl (C=O) groups excluding carboxylic acids is 2. The van der Waals surface area contributed by atoms with Crippen LogP contribution in [0, 0.1) is 6.92 Å². The minimum absolute atomic E-state index is 0.153. The zero-order chi connectivity index (χ0) is 24.0. The molecule has 1 aromatic carbocycles. The van der Waals surface area contributed by atoms with E-state index in [1.54, 1.807) is 0 Å². The fraction of sp³-hybridized carbons (Fsp3) is 0.458. The van der Waals surface area contributed by atoms with Gasteiger partial charge >= 0.3 is 6.09 Å². The van der Waals surface area contributed by atoms with Crippen molar-refractivity contribution in [2.45, 2.75) is 52.8 Å². The van der Waals surface area contributed by atoms with Crippen molar-refractivity contribution in [1.29, 1.82) is 0 Å². The number of hydrogen-bond acceptors (Lipinski definition) is 7. The van der Waals surface area contributed by atoms with Crippen molar-refractivity contribution in [1.82, 2.24) is 15.6 Å². The molecule has 1 aliphatic rings. The summed E-state index contributed by atoms with van der Waals surface area (Å²) in [4.78, 5) is 29.3. The Morgan fingerprint density at radius 3 is 2.76 bits per heavy atom. The molecule has 1 aliphatic heterocycles. The van der Waals surface area contributed by atoms with E-state index in [-0.39, 0.29) is 11.9 Å². The normalized spacial score (nSPS) is 13.7. The van der Waals surface area contributed by atoms with E-state index in [9.17, 15) is 9.59 Å². The highest BCUT2D eigenvalue weighted by Gasteiger charge is 2.26. The number of nitrogens with one attached hydrogen (secondary N) is 4. The summed E-state index contributed by atoms with van der Waals surface area (Å²) >= 11 is 0. The smallest absolute Gasteiger partial charge is 0.408 e. The number of aromatic nitrogens is 1. The first-order valence-electron chi connectivity index (χ1n) is 11.1. The fourth-order valence-corrected chi connectivity index (χ4v) is 3.41. The maximum absolute atomic E-state index is 12.4. The molecule has 0 aliphatic carbocycles. The third-order valence-corrected chi connectivity index (χ3v) is 4.82. The molecule has 1 atom stereocenters. The van der Waals surface area contributed by atoms with Gasteiger partial charge < -0.3 is 30.7 Å². The highest BCUT2D eigenvalue weighted by Crippen LogP contribution is 2.28. The SMILES string of the molecule is CCOC[C@@H](CNc1cc2c(c(Nc3cccc(C)c3)n1)C(=O)NC2)NC(=O)OC(C)(C)C. The molecular formula is C24H33N5O4. The van der Waals surface area contributed by atoms with Crippen molar-refractivity contribution in [2.24, 2.45) is 0 Å². The van der Waals surface area contributed by atoms with E-state index >= 15 is 0 Å². The molecule has 0 bridgehead atoms. The van der Waals surface area contributed by atoms with E-state index in [1.165, 1.54) is 0 Å². The largest absolute Gasteiger partial charge is 0.444 e. The molecule has 4 N–H and O–H groups in total. The second-order valence-electron chi connectivity index (χ2n) is 8.95. The Balaban J connectivity index is 1.76. The predicted octanol–water partition coefficient (Wildman–Crippen LogP) is 3.72. The summed E-state index contributed by atoms with van der Waals surface area (Å²) in [5, 5.41) is 12.2. The summed E-state index contributed by atoms with van der Waals surface area (Å²) in [6.07, 6.45) is -0.507. The number of amides is 2. The van der Waals surface area contributed by atoms with E-state index in [0.29, 0.717) is 43.5 Å². The van der Waals surface area contributed by atoms with Crippen LogP contribution in [0.15, 0.2) is 30.3 Å². The van der Waals surface area contributed by atoms with Gasteiger partial charge in [-0.05, 0) is 63.9 Å². The average molecular weight is 456 g/mol. The Hall–Kier alpha value is -3.33. The van der Waals surface area contributed by atoms with E-state index in [4.69, 9.17) is 9.47 Å². The van der Waals surface area contributed by atoms with Gasteiger partial charge in [-0.2, -0.15) is 0 Å². The molecule has 1 aromatic heterocycles. The van der Waals surface area contributed by atoms with Gasteiger partial charge in [-0.3, -0.25) is 4.79 Å². The van der Waals surface area contributed by atoms with Crippen LogP contribution in [-0.2, 0) is 16.0 Å². The number of aryl methyl sites for hydroxylation is 1. The molecule has 0 radical (unpaired) electrons. The van der Waals surface area contributed by atoms with Crippen LogP contribution in [0.2, 0.25) is 0 Å². The molecule has 9 nitrogen and oxygen atoms in total. The summed E-state index contributed by atoms with van der Waals surface area (Å²) in [5.41, 5.74) is 2.75. The van der Waals surface area contributed by atoms with Crippen LogP contribution < -0.4 is 21.3 Å². The van der Waals surface area contributed by atoms with Crippen molar-refractivity contribution >= 4 is 29.3 Å². The van der Waals surface area contributed by atoms with Gasteiger partial charge in [0.2, 0.25) is 0 Å². The minimum atomic E-state index is -0.592.